The third kappa shape index (κ3) is 2.78. The summed E-state index contributed by atoms with van der Waals surface area (Å²) in [4.78, 5) is 11.2. The Hall–Kier alpha value is -0.830. The summed E-state index contributed by atoms with van der Waals surface area (Å²) in [5.74, 6) is 2.91. The predicted octanol–water partition coefficient (Wildman–Crippen LogP) is 4.10. The maximum Gasteiger partial charge on any atom is 0.137 e. The molecule has 2 aliphatic rings. The summed E-state index contributed by atoms with van der Waals surface area (Å²) in [5, 5.41) is 0.641. The van der Waals surface area contributed by atoms with E-state index in [4.69, 9.17) is 11.6 Å². The minimum absolute atomic E-state index is 0.641. The molecule has 0 bridgehead atoms. The van der Waals surface area contributed by atoms with Crippen LogP contribution in [0.25, 0.3) is 0 Å². The van der Waals surface area contributed by atoms with Crippen LogP contribution in [-0.2, 0) is 6.42 Å². The predicted molar refractivity (Wildman–Crippen MR) is 83.3 cm³/mol. The molecule has 1 aromatic rings. The number of piperidine rings is 1. The zero-order valence-corrected chi connectivity index (χ0v) is 13.1. The van der Waals surface area contributed by atoms with E-state index in [1.807, 2.05) is 0 Å². The van der Waals surface area contributed by atoms with Crippen LogP contribution in [0.2, 0.25) is 5.15 Å². The molecule has 2 heterocycles. The molecule has 4 heteroatoms. The number of nitrogens with zero attached hydrogens (tertiary/aromatic N) is 3. The van der Waals surface area contributed by atoms with Crippen molar-refractivity contribution < 1.29 is 0 Å². The normalized spacial score (nSPS) is 26.4. The average Bonchev–Trinajstić information content (AvgIpc) is 2.49. The SMILES string of the molecule is CCCc1c(Cl)ncnc1N1CCC2CCCCC2C1. The van der Waals surface area contributed by atoms with Crippen LogP contribution in [-0.4, -0.2) is 23.1 Å². The highest BCUT2D eigenvalue weighted by Crippen LogP contribution is 2.38. The topological polar surface area (TPSA) is 29.0 Å². The van der Waals surface area contributed by atoms with Crippen LogP contribution in [0.1, 0.15) is 51.0 Å². The molecular weight excluding hydrogens is 270 g/mol. The molecule has 1 saturated carbocycles. The molecule has 0 radical (unpaired) electrons. The van der Waals surface area contributed by atoms with Gasteiger partial charge in [0.2, 0.25) is 0 Å². The molecule has 2 atom stereocenters. The molecule has 0 amide bonds. The van der Waals surface area contributed by atoms with E-state index in [1.165, 1.54) is 32.1 Å². The van der Waals surface area contributed by atoms with E-state index < -0.39 is 0 Å². The van der Waals surface area contributed by atoms with Gasteiger partial charge in [0.05, 0.1) is 0 Å². The quantitative estimate of drug-likeness (QED) is 0.786. The number of anilines is 1. The highest BCUT2D eigenvalue weighted by Gasteiger charge is 2.32. The molecule has 20 heavy (non-hydrogen) atoms. The minimum atomic E-state index is 0.641. The van der Waals surface area contributed by atoms with Crippen molar-refractivity contribution in [2.45, 2.75) is 51.9 Å². The lowest BCUT2D eigenvalue weighted by molar-refractivity contribution is 0.202. The van der Waals surface area contributed by atoms with Crippen LogP contribution < -0.4 is 4.90 Å². The summed E-state index contributed by atoms with van der Waals surface area (Å²) in [6.07, 6.45) is 10.7. The highest BCUT2D eigenvalue weighted by atomic mass is 35.5. The van der Waals surface area contributed by atoms with E-state index in [1.54, 1.807) is 6.33 Å². The zero-order valence-electron chi connectivity index (χ0n) is 12.3. The fourth-order valence-corrected chi connectivity index (χ4v) is 4.14. The van der Waals surface area contributed by atoms with Gasteiger partial charge in [-0.15, -0.1) is 0 Å². The van der Waals surface area contributed by atoms with Crippen LogP contribution >= 0.6 is 11.6 Å². The number of hydrogen-bond acceptors (Lipinski definition) is 3. The number of aromatic nitrogens is 2. The summed E-state index contributed by atoms with van der Waals surface area (Å²) in [5.41, 5.74) is 1.14. The van der Waals surface area contributed by atoms with Gasteiger partial charge in [-0.2, -0.15) is 0 Å². The summed E-state index contributed by atoms with van der Waals surface area (Å²) < 4.78 is 0. The highest BCUT2D eigenvalue weighted by molar-refractivity contribution is 6.30. The molecular formula is C16H24ClN3. The van der Waals surface area contributed by atoms with Gasteiger partial charge in [0.1, 0.15) is 17.3 Å². The number of hydrogen-bond donors (Lipinski definition) is 0. The molecule has 1 aliphatic carbocycles. The standard InChI is InChI=1S/C16H24ClN3/c1-2-5-14-15(17)18-11-19-16(14)20-9-8-12-6-3-4-7-13(12)10-20/h11-13H,2-10H2,1H3. The van der Waals surface area contributed by atoms with Gasteiger partial charge in [0.15, 0.2) is 0 Å². The largest absolute Gasteiger partial charge is 0.356 e. The van der Waals surface area contributed by atoms with Gasteiger partial charge in [-0.05, 0) is 31.1 Å². The second-order valence-electron chi connectivity index (χ2n) is 6.26. The molecule has 0 N–H and O–H groups in total. The Morgan fingerprint density at radius 1 is 1.20 bits per heavy atom. The fraction of sp³-hybridized carbons (Fsp3) is 0.750. The Kier molecular flexibility index (Phi) is 4.45. The van der Waals surface area contributed by atoms with E-state index >= 15 is 0 Å². The maximum atomic E-state index is 6.29. The molecule has 110 valence electrons. The van der Waals surface area contributed by atoms with Crippen LogP contribution in [0.5, 0.6) is 0 Å². The van der Waals surface area contributed by atoms with Crippen molar-refractivity contribution >= 4 is 17.4 Å². The van der Waals surface area contributed by atoms with Crippen molar-refractivity contribution in [2.75, 3.05) is 18.0 Å². The van der Waals surface area contributed by atoms with E-state index in [9.17, 15) is 0 Å². The molecule has 1 aromatic heterocycles. The summed E-state index contributed by atoms with van der Waals surface area (Å²) in [7, 11) is 0. The first-order chi connectivity index (χ1) is 9.79. The minimum Gasteiger partial charge on any atom is -0.356 e. The second-order valence-corrected chi connectivity index (χ2v) is 6.61. The van der Waals surface area contributed by atoms with Gasteiger partial charge in [0, 0.05) is 18.7 Å². The van der Waals surface area contributed by atoms with Crippen molar-refractivity contribution in [3.8, 4) is 0 Å². The molecule has 0 spiro atoms. The van der Waals surface area contributed by atoms with E-state index in [2.05, 4.69) is 21.8 Å². The van der Waals surface area contributed by atoms with Gasteiger partial charge in [-0.25, -0.2) is 9.97 Å². The second kappa shape index (κ2) is 6.30. The van der Waals surface area contributed by atoms with E-state index in [-0.39, 0.29) is 0 Å². The molecule has 1 saturated heterocycles. The Balaban J connectivity index is 1.81. The summed E-state index contributed by atoms with van der Waals surface area (Å²) in [6.45, 7) is 4.47. The van der Waals surface area contributed by atoms with Crippen molar-refractivity contribution in [3.63, 3.8) is 0 Å². The Morgan fingerprint density at radius 2 is 2.00 bits per heavy atom. The number of rotatable bonds is 3. The van der Waals surface area contributed by atoms with Gasteiger partial charge >= 0.3 is 0 Å². The van der Waals surface area contributed by atoms with Crippen molar-refractivity contribution in [1.29, 1.82) is 0 Å². The van der Waals surface area contributed by atoms with Crippen LogP contribution in [0.15, 0.2) is 6.33 Å². The van der Waals surface area contributed by atoms with Crippen LogP contribution in [0, 0.1) is 11.8 Å². The van der Waals surface area contributed by atoms with Crippen molar-refractivity contribution in [3.05, 3.63) is 17.0 Å². The van der Waals surface area contributed by atoms with E-state index in [0.717, 1.165) is 49.1 Å². The molecule has 0 aromatic carbocycles. The van der Waals surface area contributed by atoms with Crippen LogP contribution in [0.3, 0.4) is 0 Å². The first-order valence-electron chi connectivity index (χ1n) is 8.04. The lowest BCUT2D eigenvalue weighted by Gasteiger charge is -2.42. The van der Waals surface area contributed by atoms with Gasteiger partial charge in [0.25, 0.3) is 0 Å². The molecule has 2 fully saturated rings. The third-order valence-corrected chi connectivity index (χ3v) is 5.29. The smallest absolute Gasteiger partial charge is 0.137 e. The van der Waals surface area contributed by atoms with Crippen LogP contribution in [0.4, 0.5) is 5.82 Å². The van der Waals surface area contributed by atoms with Crippen molar-refractivity contribution in [1.82, 2.24) is 9.97 Å². The Labute approximate surface area is 126 Å². The Bertz CT molecular complexity index is 463. The first kappa shape index (κ1) is 14.1. The number of fused-ring (bicyclic) bond motifs is 1. The Morgan fingerprint density at radius 3 is 2.80 bits per heavy atom. The zero-order chi connectivity index (χ0) is 13.9. The maximum absolute atomic E-state index is 6.29. The molecule has 1 aliphatic heterocycles. The van der Waals surface area contributed by atoms with Gasteiger partial charge < -0.3 is 4.90 Å². The fourth-order valence-electron chi connectivity index (χ4n) is 3.91. The molecule has 2 unspecified atom stereocenters. The average molecular weight is 294 g/mol. The third-order valence-electron chi connectivity index (χ3n) is 4.96. The lowest BCUT2D eigenvalue weighted by atomic mass is 9.75. The lowest BCUT2D eigenvalue weighted by Crippen LogP contribution is -2.42. The monoisotopic (exact) mass is 293 g/mol. The van der Waals surface area contributed by atoms with Gasteiger partial charge in [-0.1, -0.05) is 44.2 Å². The molecule has 3 nitrogen and oxygen atoms in total. The summed E-state index contributed by atoms with van der Waals surface area (Å²) >= 11 is 6.29. The first-order valence-corrected chi connectivity index (χ1v) is 8.41. The van der Waals surface area contributed by atoms with E-state index in [0.29, 0.717) is 5.15 Å². The van der Waals surface area contributed by atoms with Gasteiger partial charge in [-0.3, -0.25) is 0 Å². The molecule has 3 rings (SSSR count). The summed E-state index contributed by atoms with van der Waals surface area (Å²) in [6, 6.07) is 0. The van der Waals surface area contributed by atoms with Crippen molar-refractivity contribution in [2.24, 2.45) is 11.8 Å². The number of halogens is 1.